The van der Waals surface area contributed by atoms with Crippen LogP contribution in [0.1, 0.15) is 114 Å². The summed E-state index contributed by atoms with van der Waals surface area (Å²) < 4.78 is 4.90. The van der Waals surface area contributed by atoms with Crippen molar-refractivity contribution in [3.05, 3.63) is 0 Å². The van der Waals surface area contributed by atoms with E-state index in [0.717, 1.165) is 57.7 Å². The molecule has 0 aromatic rings. The van der Waals surface area contributed by atoms with Crippen LogP contribution in [0.25, 0.3) is 0 Å². The number of carboxylic acid groups (broad SMARTS) is 1. The van der Waals surface area contributed by atoms with E-state index in [1.807, 2.05) is 20.8 Å². The van der Waals surface area contributed by atoms with E-state index in [4.69, 9.17) is 26.4 Å². The predicted octanol–water partition coefficient (Wildman–Crippen LogP) is 4.69. The van der Waals surface area contributed by atoms with E-state index in [1.54, 1.807) is 13.8 Å². The van der Waals surface area contributed by atoms with Gasteiger partial charge >= 0.3 is 11.9 Å². The van der Waals surface area contributed by atoms with Crippen molar-refractivity contribution < 1.29 is 29.3 Å². The molecule has 0 radical (unpaired) electrons. The summed E-state index contributed by atoms with van der Waals surface area (Å²) in [7, 11) is 0. The maximum Gasteiger partial charge on any atom is 0.306 e. The SMILES string of the molecule is CCC[C@H](C)C(=O)O.CCC[C@H](C)C=O.CCC[C@H](N)C(C)O.CCC[C@H](N)C(C)OC(C)=O. The van der Waals surface area contributed by atoms with Crippen molar-refractivity contribution >= 4 is 18.2 Å². The Morgan fingerprint density at radius 3 is 1.44 bits per heavy atom. The van der Waals surface area contributed by atoms with Gasteiger partial charge in [-0.1, -0.05) is 67.2 Å². The number of hydrogen-bond acceptors (Lipinski definition) is 7. The standard InChI is InChI=1S/C8H17NO2.C6H15NO.C6H12O2.C6H12O/c1-4-5-8(9)6(2)11-7(3)10;1-3-4-6(7)5(2)8;1-3-4-5(2)6(7)8;1-3-4-6(2)5-7/h6,8H,4-5,9H2,1-3H3;5-6,8H,3-4,7H2,1-2H3;5H,3-4H2,1-2H3,(H,7,8);5-6H,3-4H2,1-2H3/t6?,8-;5?,6-;5-;6-/m0000/s1. The highest BCUT2D eigenvalue weighted by Crippen LogP contribution is 2.04. The predicted molar refractivity (Wildman–Crippen MR) is 141 cm³/mol. The van der Waals surface area contributed by atoms with Gasteiger partial charge in [0.15, 0.2) is 0 Å². The zero-order chi connectivity index (χ0) is 27.7. The van der Waals surface area contributed by atoms with Crippen LogP contribution in [0.15, 0.2) is 0 Å². The number of esters is 1. The molecular formula is C26H56N2O6. The maximum atomic E-state index is 10.5. The van der Waals surface area contributed by atoms with Gasteiger partial charge in [-0.3, -0.25) is 9.59 Å². The molecule has 0 aliphatic carbocycles. The van der Waals surface area contributed by atoms with Crippen LogP contribution in [0.2, 0.25) is 0 Å². The van der Waals surface area contributed by atoms with Crippen LogP contribution in [0.4, 0.5) is 0 Å². The first-order valence-corrected chi connectivity index (χ1v) is 12.8. The fraction of sp³-hybridized carbons (Fsp3) is 0.885. The first kappa shape index (κ1) is 39.7. The van der Waals surface area contributed by atoms with Gasteiger partial charge in [-0.2, -0.15) is 0 Å². The number of carbonyl (C=O) groups is 3. The molecule has 0 bridgehead atoms. The fourth-order valence-corrected chi connectivity index (χ4v) is 2.57. The van der Waals surface area contributed by atoms with E-state index in [0.29, 0.717) is 0 Å². The Morgan fingerprint density at radius 1 is 0.824 bits per heavy atom. The lowest BCUT2D eigenvalue weighted by atomic mass is 10.1. The Morgan fingerprint density at radius 2 is 1.24 bits per heavy atom. The molecule has 6 N–H and O–H groups in total. The van der Waals surface area contributed by atoms with E-state index < -0.39 is 5.97 Å². The topological polar surface area (TPSA) is 153 Å². The number of carbonyl (C=O) groups excluding carboxylic acids is 2. The number of aliphatic carboxylic acids is 1. The summed E-state index contributed by atoms with van der Waals surface area (Å²) in [5.41, 5.74) is 11.2. The lowest BCUT2D eigenvalue weighted by molar-refractivity contribution is -0.146. The first-order chi connectivity index (χ1) is 15.7. The average Bonchev–Trinajstić information content (AvgIpc) is 2.75. The molecule has 6 atom stereocenters. The molecule has 34 heavy (non-hydrogen) atoms. The minimum atomic E-state index is -0.688. The van der Waals surface area contributed by atoms with E-state index in [-0.39, 0.29) is 42.1 Å². The van der Waals surface area contributed by atoms with Crippen LogP contribution in [-0.4, -0.2) is 52.7 Å². The number of ether oxygens (including phenoxy) is 1. The van der Waals surface area contributed by atoms with Crippen LogP contribution < -0.4 is 11.5 Å². The largest absolute Gasteiger partial charge is 0.481 e. The van der Waals surface area contributed by atoms with E-state index >= 15 is 0 Å². The second-order valence-electron chi connectivity index (χ2n) is 8.89. The molecule has 206 valence electrons. The summed E-state index contributed by atoms with van der Waals surface area (Å²) in [5.74, 6) is -0.846. The zero-order valence-corrected chi connectivity index (χ0v) is 23.4. The third-order valence-electron chi connectivity index (χ3n) is 4.94. The van der Waals surface area contributed by atoms with Crippen LogP contribution >= 0.6 is 0 Å². The second kappa shape index (κ2) is 27.7. The summed E-state index contributed by atoms with van der Waals surface area (Å²) in [6.07, 6.45) is 8.25. The molecule has 2 unspecified atom stereocenters. The molecule has 0 saturated heterocycles. The quantitative estimate of drug-likeness (QED) is 0.213. The number of nitrogens with two attached hydrogens (primary N) is 2. The Labute approximate surface area is 209 Å². The van der Waals surface area contributed by atoms with Gasteiger partial charge in [0, 0.05) is 24.9 Å². The number of carboxylic acids is 1. The van der Waals surface area contributed by atoms with Crippen molar-refractivity contribution in [1.82, 2.24) is 0 Å². The smallest absolute Gasteiger partial charge is 0.306 e. The lowest BCUT2D eigenvalue weighted by Gasteiger charge is -2.18. The minimum absolute atomic E-state index is 0.0242. The van der Waals surface area contributed by atoms with Crippen LogP contribution in [0.5, 0.6) is 0 Å². The van der Waals surface area contributed by atoms with Crippen molar-refractivity contribution in [2.75, 3.05) is 0 Å². The molecule has 0 spiro atoms. The minimum Gasteiger partial charge on any atom is -0.481 e. The fourth-order valence-electron chi connectivity index (χ4n) is 2.57. The molecule has 0 saturated carbocycles. The van der Waals surface area contributed by atoms with Gasteiger partial charge in [-0.05, 0) is 39.5 Å². The number of aliphatic hydroxyl groups is 1. The van der Waals surface area contributed by atoms with E-state index in [9.17, 15) is 14.4 Å². The van der Waals surface area contributed by atoms with Crippen molar-refractivity contribution in [3.8, 4) is 0 Å². The lowest BCUT2D eigenvalue weighted by Crippen LogP contribution is -2.35. The normalized spacial score (nSPS) is 15.2. The highest BCUT2D eigenvalue weighted by molar-refractivity contribution is 5.69. The van der Waals surface area contributed by atoms with Gasteiger partial charge in [-0.25, -0.2) is 0 Å². The number of aliphatic hydroxyl groups excluding tert-OH is 1. The Hall–Kier alpha value is -1.51. The maximum absolute atomic E-state index is 10.5. The molecule has 8 nitrogen and oxygen atoms in total. The summed E-state index contributed by atoms with van der Waals surface area (Å²) in [4.78, 5) is 30.5. The average molecular weight is 493 g/mol. The summed E-state index contributed by atoms with van der Waals surface area (Å²) in [6, 6.07) is -0.0519. The van der Waals surface area contributed by atoms with E-state index in [2.05, 4.69) is 20.8 Å². The van der Waals surface area contributed by atoms with Crippen molar-refractivity contribution in [2.24, 2.45) is 23.3 Å². The highest BCUT2D eigenvalue weighted by Gasteiger charge is 2.13. The molecular weight excluding hydrogens is 436 g/mol. The molecule has 0 heterocycles. The molecule has 0 fully saturated rings. The Balaban J connectivity index is -0.000000179. The van der Waals surface area contributed by atoms with Crippen molar-refractivity contribution in [2.45, 2.75) is 138 Å². The molecule has 0 aliphatic heterocycles. The second-order valence-corrected chi connectivity index (χ2v) is 8.89. The van der Waals surface area contributed by atoms with Crippen LogP contribution in [0, 0.1) is 11.8 Å². The molecule has 0 aromatic heterocycles. The summed E-state index contributed by atoms with van der Waals surface area (Å²) >= 11 is 0. The molecule has 8 heteroatoms. The van der Waals surface area contributed by atoms with Gasteiger partial charge in [0.25, 0.3) is 0 Å². The van der Waals surface area contributed by atoms with Gasteiger partial charge < -0.3 is 31.2 Å². The molecule has 0 aliphatic rings. The van der Waals surface area contributed by atoms with Crippen molar-refractivity contribution in [1.29, 1.82) is 0 Å². The summed E-state index contributed by atoms with van der Waals surface area (Å²) in [5, 5.41) is 17.1. The highest BCUT2D eigenvalue weighted by atomic mass is 16.5. The van der Waals surface area contributed by atoms with Crippen molar-refractivity contribution in [3.63, 3.8) is 0 Å². The number of aldehydes is 1. The first-order valence-electron chi connectivity index (χ1n) is 12.8. The number of rotatable bonds is 13. The third kappa shape index (κ3) is 32.7. The molecule has 0 aromatic carbocycles. The van der Waals surface area contributed by atoms with E-state index in [1.165, 1.54) is 6.92 Å². The van der Waals surface area contributed by atoms with Crippen LogP contribution in [-0.2, 0) is 19.1 Å². The summed E-state index contributed by atoms with van der Waals surface area (Å²) in [6.45, 7) is 16.8. The van der Waals surface area contributed by atoms with Gasteiger partial charge in [0.2, 0.25) is 0 Å². The zero-order valence-electron chi connectivity index (χ0n) is 23.4. The molecule has 0 amide bonds. The van der Waals surface area contributed by atoms with Crippen LogP contribution in [0.3, 0.4) is 0 Å². The monoisotopic (exact) mass is 492 g/mol. The third-order valence-corrected chi connectivity index (χ3v) is 4.94. The number of hydrogen-bond donors (Lipinski definition) is 4. The van der Waals surface area contributed by atoms with Gasteiger partial charge in [0.1, 0.15) is 12.4 Å². The Bertz CT molecular complexity index is 474. The van der Waals surface area contributed by atoms with Gasteiger partial charge in [-0.15, -0.1) is 0 Å². The van der Waals surface area contributed by atoms with Gasteiger partial charge in [0.05, 0.1) is 12.0 Å². The molecule has 0 rings (SSSR count). The Kier molecular flexibility index (Phi) is 32.4.